The Hall–Kier alpha value is -2.69. The molecule has 0 atom stereocenters. The minimum absolute atomic E-state index is 0.00531. The zero-order valence-corrected chi connectivity index (χ0v) is 13.5. The molecule has 124 valence electrons. The van der Waals surface area contributed by atoms with E-state index in [1.165, 1.54) is 12.1 Å². The van der Waals surface area contributed by atoms with Gasteiger partial charge in [0.15, 0.2) is 0 Å². The molecule has 0 aliphatic carbocycles. The number of rotatable bonds is 3. The minimum atomic E-state index is -0.321. The van der Waals surface area contributed by atoms with Crippen LogP contribution in [0.15, 0.2) is 42.5 Å². The molecule has 1 aliphatic heterocycles. The standard InChI is InChI=1S/C19H19FN2O2/c1-13(23)22-10-2-3-15-6-9-17(12-18(15)22)21-19(24)11-14-4-7-16(20)8-5-14/h4-9,12H,2-3,10-11H2,1H3,(H,21,24). The number of amides is 2. The normalized spacial score (nSPS) is 13.3. The molecule has 4 nitrogen and oxygen atoms in total. The van der Waals surface area contributed by atoms with Crippen LogP contribution in [0.5, 0.6) is 0 Å². The summed E-state index contributed by atoms with van der Waals surface area (Å²) in [6.07, 6.45) is 2.06. The second-order valence-corrected chi connectivity index (χ2v) is 5.97. The molecule has 0 radical (unpaired) electrons. The Morgan fingerprint density at radius 1 is 1.17 bits per heavy atom. The van der Waals surface area contributed by atoms with Crippen LogP contribution in [-0.4, -0.2) is 18.4 Å². The first-order valence-electron chi connectivity index (χ1n) is 7.98. The molecule has 24 heavy (non-hydrogen) atoms. The lowest BCUT2D eigenvalue weighted by Gasteiger charge is -2.29. The first kappa shape index (κ1) is 16.2. The lowest BCUT2D eigenvalue weighted by atomic mass is 10.0. The van der Waals surface area contributed by atoms with Crippen LogP contribution in [0.3, 0.4) is 0 Å². The number of hydrogen-bond donors (Lipinski definition) is 1. The van der Waals surface area contributed by atoms with Crippen molar-refractivity contribution < 1.29 is 14.0 Å². The fraction of sp³-hybridized carbons (Fsp3) is 0.263. The molecule has 2 aromatic rings. The molecule has 1 N–H and O–H groups in total. The maximum atomic E-state index is 12.9. The van der Waals surface area contributed by atoms with Gasteiger partial charge in [-0.1, -0.05) is 18.2 Å². The quantitative estimate of drug-likeness (QED) is 0.941. The highest BCUT2D eigenvalue weighted by Gasteiger charge is 2.20. The van der Waals surface area contributed by atoms with Gasteiger partial charge in [-0.25, -0.2) is 4.39 Å². The summed E-state index contributed by atoms with van der Waals surface area (Å²) < 4.78 is 12.9. The molecule has 3 rings (SSSR count). The van der Waals surface area contributed by atoms with Gasteiger partial charge in [0.05, 0.1) is 6.42 Å². The summed E-state index contributed by atoms with van der Waals surface area (Å²) in [5, 5.41) is 2.84. The summed E-state index contributed by atoms with van der Waals surface area (Å²) in [6, 6.07) is 11.5. The van der Waals surface area contributed by atoms with Crippen LogP contribution in [-0.2, 0) is 22.4 Å². The monoisotopic (exact) mass is 326 g/mol. The highest BCUT2D eigenvalue weighted by molar-refractivity contribution is 5.96. The highest BCUT2D eigenvalue weighted by atomic mass is 19.1. The smallest absolute Gasteiger partial charge is 0.228 e. The number of carbonyl (C=O) groups excluding carboxylic acids is 2. The topological polar surface area (TPSA) is 49.4 Å². The van der Waals surface area contributed by atoms with E-state index in [0.29, 0.717) is 12.2 Å². The number of nitrogens with zero attached hydrogens (tertiary/aromatic N) is 1. The van der Waals surface area contributed by atoms with Crippen molar-refractivity contribution in [2.75, 3.05) is 16.8 Å². The average molecular weight is 326 g/mol. The summed E-state index contributed by atoms with van der Waals surface area (Å²) in [6.45, 7) is 2.25. The maximum Gasteiger partial charge on any atom is 0.228 e. The van der Waals surface area contributed by atoms with Crippen LogP contribution in [0.2, 0.25) is 0 Å². The Labute approximate surface area is 140 Å². The van der Waals surface area contributed by atoms with Crippen molar-refractivity contribution >= 4 is 23.2 Å². The molecule has 1 heterocycles. The zero-order chi connectivity index (χ0) is 17.1. The third-order valence-electron chi connectivity index (χ3n) is 4.15. The summed E-state index contributed by atoms with van der Waals surface area (Å²) in [5.74, 6) is -0.490. The summed E-state index contributed by atoms with van der Waals surface area (Å²) in [4.78, 5) is 25.7. The van der Waals surface area contributed by atoms with Crippen molar-refractivity contribution in [3.8, 4) is 0 Å². The second-order valence-electron chi connectivity index (χ2n) is 5.97. The number of fused-ring (bicyclic) bond motifs is 1. The lowest BCUT2D eigenvalue weighted by Crippen LogP contribution is -2.33. The third kappa shape index (κ3) is 3.62. The van der Waals surface area contributed by atoms with Crippen molar-refractivity contribution in [2.24, 2.45) is 0 Å². The molecular weight excluding hydrogens is 307 g/mol. The van der Waals surface area contributed by atoms with E-state index in [0.717, 1.165) is 29.7 Å². The SMILES string of the molecule is CC(=O)N1CCCc2ccc(NC(=O)Cc3ccc(F)cc3)cc21. The zero-order valence-electron chi connectivity index (χ0n) is 13.5. The molecule has 2 aromatic carbocycles. The predicted octanol–water partition coefficient (Wildman–Crippen LogP) is 3.31. The van der Waals surface area contributed by atoms with Crippen molar-refractivity contribution in [1.29, 1.82) is 0 Å². The van der Waals surface area contributed by atoms with Gasteiger partial charge >= 0.3 is 0 Å². The molecule has 0 saturated heterocycles. The van der Waals surface area contributed by atoms with Gasteiger partial charge in [-0.3, -0.25) is 9.59 Å². The number of nitrogens with one attached hydrogen (secondary N) is 1. The number of aryl methyl sites for hydroxylation is 1. The van der Waals surface area contributed by atoms with Gasteiger partial charge in [-0.15, -0.1) is 0 Å². The molecule has 0 saturated carbocycles. The number of carbonyl (C=O) groups is 2. The van der Waals surface area contributed by atoms with Crippen molar-refractivity contribution in [2.45, 2.75) is 26.2 Å². The molecule has 2 amide bonds. The summed E-state index contributed by atoms with van der Waals surface area (Å²) in [5.41, 5.74) is 3.40. The summed E-state index contributed by atoms with van der Waals surface area (Å²) >= 11 is 0. The molecule has 0 spiro atoms. The first-order valence-corrected chi connectivity index (χ1v) is 7.98. The summed E-state index contributed by atoms with van der Waals surface area (Å²) in [7, 11) is 0. The first-order chi connectivity index (χ1) is 11.5. The fourth-order valence-electron chi connectivity index (χ4n) is 2.97. The molecular formula is C19H19FN2O2. The van der Waals surface area contributed by atoms with E-state index >= 15 is 0 Å². The van der Waals surface area contributed by atoms with E-state index in [-0.39, 0.29) is 24.1 Å². The van der Waals surface area contributed by atoms with Gasteiger partial charge < -0.3 is 10.2 Å². The van der Waals surface area contributed by atoms with E-state index in [1.54, 1.807) is 24.0 Å². The van der Waals surface area contributed by atoms with Crippen LogP contribution in [0.4, 0.5) is 15.8 Å². The second kappa shape index (κ2) is 6.83. The van der Waals surface area contributed by atoms with Gasteiger partial charge in [0.25, 0.3) is 0 Å². The van der Waals surface area contributed by atoms with Crippen LogP contribution < -0.4 is 10.2 Å². The van der Waals surface area contributed by atoms with E-state index in [9.17, 15) is 14.0 Å². The lowest BCUT2D eigenvalue weighted by molar-refractivity contribution is -0.117. The third-order valence-corrected chi connectivity index (χ3v) is 4.15. The predicted molar refractivity (Wildman–Crippen MR) is 91.5 cm³/mol. The van der Waals surface area contributed by atoms with Crippen molar-refractivity contribution in [1.82, 2.24) is 0 Å². The van der Waals surface area contributed by atoms with Crippen LogP contribution in [0.1, 0.15) is 24.5 Å². The number of benzene rings is 2. The number of anilines is 2. The molecule has 0 aromatic heterocycles. The minimum Gasteiger partial charge on any atom is -0.326 e. The maximum absolute atomic E-state index is 12.9. The molecule has 0 unspecified atom stereocenters. The largest absolute Gasteiger partial charge is 0.326 e. The van der Waals surface area contributed by atoms with E-state index in [4.69, 9.17) is 0 Å². The van der Waals surface area contributed by atoms with Crippen molar-refractivity contribution in [3.05, 3.63) is 59.4 Å². The van der Waals surface area contributed by atoms with E-state index in [1.807, 2.05) is 18.2 Å². The Balaban J connectivity index is 1.73. The molecule has 5 heteroatoms. The van der Waals surface area contributed by atoms with Crippen LogP contribution in [0, 0.1) is 5.82 Å². The Morgan fingerprint density at radius 2 is 1.92 bits per heavy atom. The van der Waals surface area contributed by atoms with Gasteiger partial charge in [0, 0.05) is 24.8 Å². The van der Waals surface area contributed by atoms with E-state index in [2.05, 4.69) is 5.32 Å². The van der Waals surface area contributed by atoms with Gasteiger partial charge in [0.1, 0.15) is 5.82 Å². The Morgan fingerprint density at radius 3 is 2.62 bits per heavy atom. The van der Waals surface area contributed by atoms with Gasteiger partial charge in [-0.05, 0) is 48.2 Å². The highest BCUT2D eigenvalue weighted by Crippen LogP contribution is 2.30. The van der Waals surface area contributed by atoms with Gasteiger partial charge in [0.2, 0.25) is 11.8 Å². The average Bonchev–Trinajstić information content (AvgIpc) is 2.56. The van der Waals surface area contributed by atoms with Gasteiger partial charge in [-0.2, -0.15) is 0 Å². The molecule has 0 fully saturated rings. The Bertz CT molecular complexity index is 771. The van der Waals surface area contributed by atoms with Crippen LogP contribution in [0.25, 0.3) is 0 Å². The van der Waals surface area contributed by atoms with Crippen LogP contribution >= 0.6 is 0 Å². The number of hydrogen-bond acceptors (Lipinski definition) is 2. The van der Waals surface area contributed by atoms with Crippen molar-refractivity contribution in [3.63, 3.8) is 0 Å². The Kier molecular flexibility index (Phi) is 4.60. The number of halogens is 1. The van der Waals surface area contributed by atoms with E-state index < -0.39 is 0 Å². The molecule has 0 bridgehead atoms. The fourth-order valence-corrected chi connectivity index (χ4v) is 2.97. The molecule has 1 aliphatic rings.